The van der Waals surface area contributed by atoms with E-state index in [4.69, 9.17) is 9.47 Å². The molecule has 2 aromatic rings. The lowest BCUT2D eigenvalue weighted by molar-refractivity contribution is 0.0466. The summed E-state index contributed by atoms with van der Waals surface area (Å²) in [6, 6.07) is 8.83. The standard InChI is InChI=1S/C23H34N2O3S/c1-22(2,3)28-21(26)24-23(4)10-12-25(17-23)11-5-13-27-14-8-18-6-7-20-19(16-18)9-15-29-20/h6-7,9,15-16H,5,8,10-14,17H2,1-4H3,(H,24,26). The minimum Gasteiger partial charge on any atom is -0.444 e. The zero-order valence-corrected chi connectivity index (χ0v) is 18.9. The summed E-state index contributed by atoms with van der Waals surface area (Å²) in [5.74, 6) is 0. The van der Waals surface area contributed by atoms with Gasteiger partial charge < -0.3 is 19.7 Å². The molecule has 1 fully saturated rings. The van der Waals surface area contributed by atoms with E-state index in [1.54, 1.807) is 11.3 Å². The van der Waals surface area contributed by atoms with Crippen molar-refractivity contribution in [1.29, 1.82) is 0 Å². The number of nitrogens with one attached hydrogen (secondary N) is 1. The van der Waals surface area contributed by atoms with E-state index in [1.807, 2.05) is 20.8 Å². The average Bonchev–Trinajstić information content (AvgIpc) is 3.22. The fourth-order valence-corrected chi connectivity index (χ4v) is 4.52. The summed E-state index contributed by atoms with van der Waals surface area (Å²) in [7, 11) is 0. The molecule has 1 N–H and O–H groups in total. The fraction of sp³-hybridized carbons (Fsp3) is 0.609. The predicted octanol–water partition coefficient (Wildman–Crippen LogP) is 4.84. The molecule has 29 heavy (non-hydrogen) atoms. The van der Waals surface area contributed by atoms with Gasteiger partial charge in [0.1, 0.15) is 5.60 Å². The SMILES string of the molecule is CC1(NC(=O)OC(C)(C)C)CCN(CCCOCCc2ccc3sccc3c2)C1. The summed E-state index contributed by atoms with van der Waals surface area (Å²) >= 11 is 1.78. The molecule has 1 unspecified atom stereocenters. The highest BCUT2D eigenvalue weighted by Gasteiger charge is 2.35. The molecule has 0 saturated carbocycles. The maximum Gasteiger partial charge on any atom is 0.408 e. The zero-order valence-electron chi connectivity index (χ0n) is 18.1. The van der Waals surface area contributed by atoms with Crippen molar-refractivity contribution in [3.8, 4) is 0 Å². The van der Waals surface area contributed by atoms with E-state index in [-0.39, 0.29) is 11.6 Å². The van der Waals surface area contributed by atoms with Gasteiger partial charge in [0, 0.05) is 30.9 Å². The molecule has 160 valence electrons. The second-order valence-corrected chi connectivity index (χ2v) is 10.2. The molecule has 1 amide bonds. The molecule has 2 heterocycles. The van der Waals surface area contributed by atoms with Crippen molar-refractivity contribution in [2.75, 3.05) is 32.8 Å². The average molecular weight is 419 g/mol. The smallest absolute Gasteiger partial charge is 0.408 e. The molecule has 0 radical (unpaired) electrons. The van der Waals surface area contributed by atoms with Crippen LogP contribution in [0.1, 0.15) is 46.1 Å². The number of carbonyl (C=O) groups is 1. The van der Waals surface area contributed by atoms with E-state index >= 15 is 0 Å². The summed E-state index contributed by atoms with van der Waals surface area (Å²) in [4.78, 5) is 14.5. The summed E-state index contributed by atoms with van der Waals surface area (Å²) < 4.78 is 12.6. The van der Waals surface area contributed by atoms with Crippen LogP contribution in [0.3, 0.4) is 0 Å². The Labute approximate surface area is 178 Å². The van der Waals surface area contributed by atoms with Gasteiger partial charge in [-0.25, -0.2) is 4.79 Å². The van der Waals surface area contributed by atoms with Crippen LogP contribution in [-0.2, 0) is 15.9 Å². The molecule has 1 aromatic carbocycles. The Morgan fingerprint density at radius 2 is 2.10 bits per heavy atom. The second kappa shape index (κ2) is 9.45. The van der Waals surface area contributed by atoms with Gasteiger partial charge in [-0.2, -0.15) is 0 Å². The van der Waals surface area contributed by atoms with E-state index in [2.05, 4.69) is 46.8 Å². The molecule has 1 aromatic heterocycles. The number of alkyl carbamates (subject to hydrolysis) is 1. The van der Waals surface area contributed by atoms with E-state index in [9.17, 15) is 4.79 Å². The van der Waals surface area contributed by atoms with Gasteiger partial charge in [-0.05, 0) is 75.4 Å². The summed E-state index contributed by atoms with van der Waals surface area (Å²) in [6.45, 7) is 12.1. The fourth-order valence-electron chi connectivity index (χ4n) is 3.75. The number of amides is 1. The highest BCUT2D eigenvalue weighted by molar-refractivity contribution is 7.17. The molecule has 0 aliphatic carbocycles. The van der Waals surface area contributed by atoms with E-state index in [1.165, 1.54) is 15.6 Å². The minimum atomic E-state index is -0.467. The van der Waals surface area contributed by atoms with Crippen molar-refractivity contribution in [3.63, 3.8) is 0 Å². The van der Waals surface area contributed by atoms with Crippen molar-refractivity contribution in [2.24, 2.45) is 0 Å². The lowest BCUT2D eigenvalue weighted by Gasteiger charge is -2.28. The van der Waals surface area contributed by atoms with Crippen LogP contribution < -0.4 is 5.32 Å². The number of hydrogen-bond acceptors (Lipinski definition) is 5. The lowest BCUT2D eigenvalue weighted by Crippen LogP contribution is -2.49. The minimum absolute atomic E-state index is 0.219. The van der Waals surface area contributed by atoms with Crippen molar-refractivity contribution in [3.05, 3.63) is 35.2 Å². The summed E-state index contributed by atoms with van der Waals surface area (Å²) in [6.07, 6.45) is 2.57. The highest BCUT2D eigenvalue weighted by Crippen LogP contribution is 2.23. The third-order valence-electron chi connectivity index (χ3n) is 5.17. The van der Waals surface area contributed by atoms with Gasteiger partial charge in [0.15, 0.2) is 0 Å². The predicted molar refractivity (Wildman–Crippen MR) is 120 cm³/mol. The Morgan fingerprint density at radius 3 is 2.90 bits per heavy atom. The number of rotatable bonds is 8. The molecular formula is C23H34N2O3S. The van der Waals surface area contributed by atoms with Gasteiger partial charge >= 0.3 is 6.09 Å². The molecule has 1 saturated heterocycles. The van der Waals surface area contributed by atoms with Gasteiger partial charge in [0.2, 0.25) is 0 Å². The van der Waals surface area contributed by atoms with Gasteiger partial charge in [-0.3, -0.25) is 0 Å². The number of likely N-dealkylation sites (tertiary alicyclic amines) is 1. The Hall–Kier alpha value is -1.63. The van der Waals surface area contributed by atoms with Crippen LogP contribution in [0.2, 0.25) is 0 Å². The number of fused-ring (bicyclic) bond motifs is 1. The van der Waals surface area contributed by atoms with Crippen LogP contribution in [0.4, 0.5) is 4.79 Å². The summed E-state index contributed by atoms with van der Waals surface area (Å²) in [5, 5.41) is 6.51. The van der Waals surface area contributed by atoms with Gasteiger partial charge in [-0.15, -0.1) is 11.3 Å². The largest absolute Gasteiger partial charge is 0.444 e. The number of ether oxygens (including phenoxy) is 2. The van der Waals surface area contributed by atoms with Gasteiger partial charge in [0.25, 0.3) is 0 Å². The Kier molecular flexibility index (Phi) is 7.19. The van der Waals surface area contributed by atoms with E-state index < -0.39 is 5.60 Å². The first-order valence-corrected chi connectivity index (χ1v) is 11.4. The highest BCUT2D eigenvalue weighted by atomic mass is 32.1. The number of benzene rings is 1. The van der Waals surface area contributed by atoms with Crippen molar-refractivity contribution in [1.82, 2.24) is 10.2 Å². The number of hydrogen-bond donors (Lipinski definition) is 1. The van der Waals surface area contributed by atoms with Crippen molar-refractivity contribution in [2.45, 2.75) is 58.1 Å². The van der Waals surface area contributed by atoms with Crippen LogP contribution in [0, 0.1) is 0 Å². The normalized spacial score (nSPS) is 20.3. The zero-order chi connectivity index (χ0) is 20.9. The summed E-state index contributed by atoms with van der Waals surface area (Å²) in [5.41, 5.74) is 0.647. The van der Waals surface area contributed by atoms with Crippen molar-refractivity contribution >= 4 is 27.5 Å². The molecular weight excluding hydrogens is 384 g/mol. The lowest BCUT2D eigenvalue weighted by atomic mass is 10.0. The van der Waals surface area contributed by atoms with Crippen LogP contribution >= 0.6 is 11.3 Å². The molecule has 0 spiro atoms. The molecule has 3 rings (SSSR count). The Bertz CT molecular complexity index is 814. The number of carbonyl (C=O) groups excluding carboxylic acids is 1. The topological polar surface area (TPSA) is 50.8 Å². The van der Waals surface area contributed by atoms with E-state index in [0.29, 0.717) is 0 Å². The quantitative estimate of drug-likeness (QED) is 0.623. The molecule has 1 atom stereocenters. The van der Waals surface area contributed by atoms with Crippen molar-refractivity contribution < 1.29 is 14.3 Å². The van der Waals surface area contributed by atoms with Crippen LogP contribution in [0.15, 0.2) is 29.6 Å². The van der Waals surface area contributed by atoms with Gasteiger partial charge in [0.05, 0.1) is 12.1 Å². The first-order valence-electron chi connectivity index (χ1n) is 10.5. The van der Waals surface area contributed by atoms with Gasteiger partial charge in [-0.1, -0.05) is 12.1 Å². The molecule has 1 aliphatic heterocycles. The first kappa shape index (κ1) is 22.1. The van der Waals surface area contributed by atoms with Crippen LogP contribution in [0.25, 0.3) is 10.1 Å². The molecule has 6 heteroatoms. The Balaban J connectivity index is 1.29. The third kappa shape index (κ3) is 6.98. The Morgan fingerprint density at radius 1 is 1.28 bits per heavy atom. The molecule has 5 nitrogen and oxygen atoms in total. The molecule has 0 bridgehead atoms. The van der Waals surface area contributed by atoms with Crippen LogP contribution in [0.5, 0.6) is 0 Å². The maximum absolute atomic E-state index is 12.1. The third-order valence-corrected chi connectivity index (χ3v) is 6.07. The monoisotopic (exact) mass is 418 g/mol. The maximum atomic E-state index is 12.1. The second-order valence-electron chi connectivity index (χ2n) is 9.22. The number of nitrogens with zero attached hydrogens (tertiary/aromatic N) is 1. The van der Waals surface area contributed by atoms with E-state index in [0.717, 1.165) is 52.1 Å². The number of thiophene rings is 1. The first-order chi connectivity index (χ1) is 13.7. The van der Waals surface area contributed by atoms with Crippen LogP contribution in [-0.4, -0.2) is 55.0 Å². The molecule has 1 aliphatic rings.